The van der Waals surface area contributed by atoms with Crippen LogP contribution in [-0.2, 0) is 7.05 Å². The lowest BCUT2D eigenvalue weighted by atomic mass is 10.3. The van der Waals surface area contributed by atoms with Crippen molar-refractivity contribution in [2.24, 2.45) is 7.05 Å². The van der Waals surface area contributed by atoms with Crippen molar-refractivity contribution in [3.8, 4) is 11.5 Å². The van der Waals surface area contributed by atoms with Gasteiger partial charge in [0, 0.05) is 18.8 Å². The number of nitrogens with two attached hydrogens (primary N) is 1. The van der Waals surface area contributed by atoms with E-state index in [-0.39, 0.29) is 5.75 Å². The summed E-state index contributed by atoms with van der Waals surface area (Å²) in [5, 5.41) is 3.90. The highest BCUT2D eigenvalue weighted by Gasteiger charge is 2.05. The number of aromatic nitrogens is 2. The average molecular weight is 207 g/mol. The predicted molar refractivity (Wildman–Crippen MR) is 54.1 cm³/mol. The molecule has 78 valence electrons. The van der Waals surface area contributed by atoms with Gasteiger partial charge in [-0.2, -0.15) is 5.10 Å². The van der Waals surface area contributed by atoms with E-state index in [1.54, 1.807) is 24.0 Å². The average Bonchev–Trinajstić information content (AvgIpc) is 2.56. The second-order valence-electron chi connectivity index (χ2n) is 3.14. The van der Waals surface area contributed by atoms with Gasteiger partial charge >= 0.3 is 0 Å². The lowest BCUT2D eigenvalue weighted by Gasteiger charge is -2.04. The molecular formula is C10H10FN3O. The Morgan fingerprint density at radius 3 is 2.87 bits per heavy atom. The van der Waals surface area contributed by atoms with E-state index in [4.69, 9.17) is 10.5 Å². The molecule has 0 fully saturated rings. The molecule has 0 unspecified atom stereocenters. The maximum Gasteiger partial charge on any atom is 0.167 e. The number of benzene rings is 1. The van der Waals surface area contributed by atoms with Gasteiger partial charge in [0.2, 0.25) is 0 Å². The van der Waals surface area contributed by atoms with Gasteiger partial charge in [0.1, 0.15) is 0 Å². The summed E-state index contributed by atoms with van der Waals surface area (Å²) in [6.07, 6.45) is 3.16. The molecule has 1 aromatic heterocycles. The Labute approximate surface area is 86.1 Å². The van der Waals surface area contributed by atoms with Crippen LogP contribution in [0.15, 0.2) is 30.6 Å². The van der Waals surface area contributed by atoms with E-state index in [0.717, 1.165) is 0 Å². The highest BCUT2D eigenvalue weighted by atomic mass is 19.1. The van der Waals surface area contributed by atoms with E-state index in [1.807, 2.05) is 0 Å². The largest absolute Gasteiger partial charge is 0.451 e. The molecule has 0 amide bonds. The van der Waals surface area contributed by atoms with Gasteiger partial charge in [-0.1, -0.05) is 0 Å². The molecule has 0 saturated heterocycles. The van der Waals surface area contributed by atoms with Crippen LogP contribution < -0.4 is 10.5 Å². The van der Waals surface area contributed by atoms with E-state index < -0.39 is 5.82 Å². The number of nitrogens with zero attached hydrogens (tertiary/aromatic N) is 2. The smallest absolute Gasteiger partial charge is 0.167 e. The van der Waals surface area contributed by atoms with Crippen LogP contribution in [0.4, 0.5) is 10.1 Å². The number of nitrogen functional groups attached to an aromatic ring is 1. The third-order valence-electron chi connectivity index (χ3n) is 1.86. The van der Waals surface area contributed by atoms with Gasteiger partial charge in [-0.05, 0) is 12.1 Å². The Balaban J connectivity index is 2.24. The zero-order valence-corrected chi connectivity index (χ0v) is 8.14. The van der Waals surface area contributed by atoms with Gasteiger partial charge in [0.25, 0.3) is 0 Å². The lowest BCUT2D eigenvalue weighted by Crippen LogP contribution is -1.90. The fourth-order valence-electron chi connectivity index (χ4n) is 1.18. The standard InChI is InChI=1S/C10H10FN3O/c1-14-6-8(5-13-14)15-10-3-2-7(12)4-9(10)11/h2-6H,12H2,1H3. The molecular weight excluding hydrogens is 197 g/mol. The fraction of sp³-hybridized carbons (Fsp3) is 0.100. The number of rotatable bonds is 2. The summed E-state index contributed by atoms with van der Waals surface area (Å²) in [6, 6.07) is 4.28. The summed E-state index contributed by atoms with van der Waals surface area (Å²) >= 11 is 0. The fourth-order valence-corrected chi connectivity index (χ4v) is 1.18. The van der Waals surface area contributed by atoms with Gasteiger partial charge in [0.15, 0.2) is 17.3 Å². The second kappa shape index (κ2) is 3.61. The molecule has 0 atom stereocenters. The van der Waals surface area contributed by atoms with Crippen molar-refractivity contribution in [1.82, 2.24) is 9.78 Å². The highest BCUT2D eigenvalue weighted by Crippen LogP contribution is 2.25. The van der Waals surface area contributed by atoms with Crippen molar-refractivity contribution < 1.29 is 9.13 Å². The molecule has 0 aliphatic carbocycles. The summed E-state index contributed by atoms with van der Waals surface area (Å²) in [4.78, 5) is 0. The topological polar surface area (TPSA) is 53.1 Å². The molecule has 0 aliphatic rings. The van der Waals surface area contributed by atoms with Crippen LogP contribution >= 0.6 is 0 Å². The van der Waals surface area contributed by atoms with E-state index in [9.17, 15) is 4.39 Å². The SMILES string of the molecule is Cn1cc(Oc2ccc(N)cc2F)cn1. The molecule has 2 N–H and O–H groups in total. The quantitative estimate of drug-likeness (QED) is 0.765. The summed E-state index contributed by atoms with van der Waals surface area (Å²) in [7, 11) is 1.76. The van der Waals surface area contributed by atoms with Crippen molar-refractivity contribution in [3.05, 3.63) is 36.4 Å². The number of ether oxygens (including phenoxy) is 1. The molecule has 0 saturated carbocycles. The molecule has 1 heterocycles. The molecule has 2 rings (SSSR count). The van der Waals surface area contributed by atoms with Crippen LogP contribution in [-0.4, -0.2) is 9.78 Å². The van der Waals surface area contributed by atoms with Gasteiger partial charge < -0.3 is 10.5 Å². The van der Waals surface area contributed by atoms with Crippen LogP contribution in [0, 0.1) is 5.82 Å². The van der Waals surface area contributed by atoms with Crippen LogP contribution in [0.3, 0.4) is 0 Å². The van der Waals surface area contributed by atoms with E-state index >= 15 is 0 Å². The van der Waals surface area contributed by atoms with Crippen molar-refractivity contribution in [2.45, 2.75) is 0 Å². The predicted octanol–water partition coefficient (Wildman–Crippen LogP) is 1.93. The zero-order chi connectivity index (χ0) is 10.8. The monoisotopic (exact) mass is 207 g/mol. The molecule has 5 heteroatoms. The number of hydrogen-bond donors (Lipinski definition) is 1. The molecule has 2 aromatic rings. The Morgan fingerprint density at radius 2 is 2.27 bits per heavy atom. The summed E-state index contributed by atoms with van der Waals surface area (Å²) < 4.78 is 20.2. The zero-order valence-electron chi connectivity index (χ0n) is 8.14. The first-order valence-corrected chi connectivity index (χ1v) is 4.36. The summed E-state index contributed by atoms with van der Waals surface area (Å²) in [5.74, 6) is 0.136. The Kier molecular flexibility index (Phi) is 2.29. The van der Waals surface area contributed by atoms with Gasteiger partial charge in [-0.15, -0.1) is 0 Å². The van der Waals surface area contributed by atoms with Crippen LogP contribution in [0.5, 0.6) is 11.5 Å². The third kappa shape index (κ3) is 2.07. The first-order valence-electron chi connectivity index (χ1n) is 4.36. The molecule has 15 heavy (non-hydrogen) atoms. The Morgan fingerprint density at radius 1 is 1.47 bits per heavy atom. The van der Waals surface area contributed by atoms with E-state index in [0.29, 0.717) is 11.4 Å². The number of halogens is 1. The molecule has 0 bridgehead atoms. The number of hydrogen-bond acceptors (Lipinski definition) is 3. The maximum atomic E-state index is 13.3. The van der Waals surface area contributed by atoms with Gasteiger partial charge in [-0.25, -0.2) is 4.39 Å². The number of aryl methyl sites for hydroxylation is 1. The number of anilines is 1. The van der Waals surface area contributed by atoms with Crippen molar-refractivity contribution in [1.29, 1.82) is 0 Å². The first kappa shape index (κ1) is 9.51. The Hall–Kier alpha value is -2.04. The minimum atomic E-state index is -0.487. The molecule has 0 radical (unpaired) electrons. The molecule has 0 aliphatic heterocycles. The Bertz CT molecular complexity index is 481. The first-order chi connectivity index (χ1) is 7.15. The second-order valence-corrected chi connectivity index (χ2v) is 3.14. The molecule has 1 aromatic carbocycles. The minimum absolute atomic E-state index is 0.136. The van der Waals surface area contributed by atoms with E-state index in [1.165, 1.54) is 18.3 Å². The summed E-state index contributed by atoms with van der Waals surface area (Å²) in [5.41, 5.74) is 5.78. The van der Waals surface area contributed by atoms with Gasteiger partial charge in [-0.3, -0.25) is 4.68 Å². The summed E-state index contributed by atoms with van der Waals surface area (Å²) in [6.45, 7) is 0. The van der Waals surface area contributed by atoms with E-state index in [2.05, 4.69) is 5.10 Å². The highest BCUT2D eigenvalue weighted by molar-refractivity contribution is 5.43. The molecule has 0 spiro atoms. The normalized spacial score (nSPS) is 10.3. The van der Waals surface area contributed by atoms with Crippen LogP contribution in [0.2, 0.25) is 0 Å². The molecule has 4 nitrogen and oxygen atoms in total. The maximum absolute atomic E-state index is 13.3. The third-order valence-corrected chi connectivity index (χ3v) is 1.86. The van der Waals surface area contributed by atoms with Crippen molar-refractivity contribution in [3.63, 3.8) is 0 Å². The van der Waals surface area contributed by atoms with Crippen molar-refractivity contribution in [2.75, 3.05) is 5.73 Å². The minimum Gasteiger partial charge on any atom is -0.451 e. The van der Waals surface area contributed by atoms with Crippen LogP contribution in [0.25, 0.3) is 0 Å². The van der Waals surface area contributed by atoms with Crippen molar-refractivity contribution >= 4 is 5.69 Å². The van der Waals surface area contributed by atoms with Gasteiger partial charge in [0.05, 0.1) is 12.4 Å². The van der Waals surface area contributed by atoms with Crippen LogP contribution in [0.1, 0.15) is 0 Å². The lowest BCUT2D eigenvalue weighted by molar-refractivity contribution is 0.442.